The second-order valence-corrected chi connectivity index (χ2v) is 7.22. The van der Waals surface area contributed by atoms with E-state index >= 15 is 0 Å². The minimum Gasteiger partial charge on any atom is -0.211 e. The van der Waals surface area contributed by atoms with Crippen LogP contribution in [0.4, 0.5) is 0 Å². The molecule has 0 aromatic carbocycles. The smallest absolute Gasteiger partial charge is 0.211 e. The van der Waals surface area contributed by atoms with Crippen LogP contribution in [0, 0.1) is 5.92 Å². The molecule has 0 spiro atoms. The highest BCUT2D eigenvalue weighted by Crippen LogP contribution is 2.28. The van der Waals surface area contributed by atoms with Gasteiger partial charge in [-0.05, 0) is 12.3 Å². The maximum atomic E-state index is 10.3. The lowest BCUT2D eigenvalue weighted by atomic mass is 9.85. The van der Waals surface area contributed by atoms with Gasteiger partial charge in [-0.15, -0.1) is 0 Å². The molecule has 0 radical (unpaired) electrons. The molecule has 1 fully saturated rings. The predicted octanol–water partition coefficient (Wildman–Crippen LogP) is 5.51. The molecule has 1 atom stereocenters. The summed E-state index contributed by atoms with van der Waals surface area (Å²) in [4.78, 5) is 27.6. The molecule has 136 valence electrons. The molecule has 0 bridgehead atoms. The third-order valence-electron chi connectivity index (χ3n) is 5.23. The first-order valence-electron chi connectivity index (χ1n) is 9.97. The number of unbranched alkanes of at least 4 members (excludes halogenated alkanes) is 7. The Morgan fingerprint density at radius 2 is 1.42 bits per heavy atom. The summed E-state index contributed by atoms with van der Waals surface area (Å²) in [6, 6.07) is -0.191. The molecule has 0 aromatic rings. The zero-order valence-electron chi connectivity index (χ0n) is 15.2. The van der Waals surface area contributed by atoms with Crippen LogP contribution in [0.3, 0.4) is 0 Å². The van der Waals surface area contributed by atoms with E-state index in [-0.39, 0.29) is 12.6 Å². The molecule has 0 aliphatic heterocycles. The quantitative estimate of drug-likeness (QED) is 0.239. The zero-order chi connectivity index (χ0) is 17.3. The van der Waals surface area contributed by atoms with Crippen molar-refractivity contribution in [1.29, 1.82) is 0 Å². The van der Waals surface area contributed by atoms with Gasteiger partial charge in [0.1, 0.15) is 0 Å². The number of hydrogen-bond acceptors (Lipinski definition) is 4. The predicted molar refractivity (Wildman–Crippen MR) is 97.6 cm³/mol. The molecule has 4 nitrogen and oxygen atoms in total. The number of hydrogen-bond donors (Lipinski definition) is 0. The molecule has 1 aliphatic rings. The van der Waals surface area contributed by atoms with Crippen molar-refractivity contribution in [3.8, 4) is 0 Å². The highest BCUT2D eigenvalue weighted by molar-refractivity contribution is 5.35. The first kappa shape index (κ1) is 20.8. The van der Waals surface area contributed by atoms with Crippen molar-refractivity contribution in [2.24, 2.45) is 15.9 Å². The first-order valence-corrected chi connectivity index (χ1v) is 9.97. The number of carbonyl (C=O) groups excluding carboxylic acids is 2. The fraction of sp³-hybridized carbons (Fsp3) is 0.900. The van der Waals surface area contributed by atoms with Gasteiger partial charge in [0, 0.05) is 0 Å². The highest BCUT2D eigenvalue weighted by atomic mass is 16.1. The summed E-state index contributed by atoms with van der Waals surface area (Å²) < 4.78 is 0. The second kappa shape index (κ2) is 15.3. The van der Waals surface area contributed by atoms with Gasteiger partial charge in [0.2, 0.25) is 12.2 Å². The van der Waals surface area contributed by atoms with Crippen molar-refractivity contribution in [2.45, 2.75) is 102 Å². The van der Waals surface area contributed by atoms with Crippen molar-refractivity contribution in [1.82, 2.24) is 0 Å². The Morgan fingerprint density at radius 3 is 2.04 bits per heavy atom. The van der Waals surface area contributed by atoms with Crippen LogP contribution >= 0.6 is 0 Å². The van der Waals surface area contributed by atoms with Gasteiger partial charge in [-0.3, -0.25) is 0 Å². The molecule has 4 heteroatoms. The number of nitrogens with zero attached hydrogens (tertiary/aromatic N) is 2. The van der Waals surface area contributed by atoms with Gasteiger partial charge >= 0.3 is 0 Å². The molecule has 24 heavy (non-hydrogen) atoms. The molecule has 0 heterocycles. The van der Waals surface area contributed by atoms with E-state index in [0.29, 0.717) is 0 Å². The third-order valence-corrected chi connectivity index (χ3v) is 5.23. The lowest BCUT2D eigenvalue weighted by Gasteiger charge is -2.21. The van der Waals surface area contributed by atoms with Gasteiger partial charge < -0.3 is 0 Å². The fourth-order valence-electron chi connectivity index (χ4n) is 3.76. The lowest BCUT2D eigenvalue weighted by Crippen LogP contribution is -2.08. The van der Waals surface area contributed by atoms with E-state index in [9.17, 15) is 9.59 Å². The Labute approximate surface area is 147 Å². The summed E-state index contributed by atoms with van der Waals surface area (Å²) in [6.45, 7) is 0.264. The Bertz CT molecular complexity index is 392. The molecule has 0 amide bonds. The normalized spacial score (nSPS) is 16.2. The molecule has 0 N–H and O–H groups in total. The minimum atomic E-state index is -0.191. The van der Waals surface area contributed by atoms with Gasteiger partial charge in [-0.2, -0.15) is 0 Å². The summed E-state index contributed by atoms with van der Waals surface area (Å²) in [6.07, 6.45) is 23.0. The monoisotopic (exact) mass is 334 g/mol. The van der Waals surface area contributed by atoms with E-state index in [4.69, 9.17) is 0 Å². The lowest BCUT2D eigenvalue weighted by molar-refractivity contribution is 0.328. The molecule has 1 rings (SSSR count). The average molecular weight is 335 g/mol. The number of rotatable bonds is 14. The van der Waals surface area contributed by atoms with Crippen LogP contribution < -0.4 is 0 Å². The van der Waals surface area contributed by atoms with E-state index in [0.717, 1.165) is 25.2 Å². The van der Waals surface area contributed by atoms with Gasteiger partial charge in [0.15, 0.2) is 0 Å². The van der Waals surface area contributed by atoms with Crippen LogP contribution in [-0.4, -0.2) is 24.7 Å². The van der Waals surface area contributed by atoms with Crippen molar-refractivity contribution in [3.63, 3.8) is 0 Å². The van der Waals surface area contributed by atoms with E-state index in [1.54, 1.807) is 6.08 Å². The van der Waals surface area contributed by atoms with Crippen LogP contribution in [0.1, 0.15) is 96.3 Å². The summed E-state index contributed by atoms with van der Waals surface area (Å²) in [5.41, 5.74) is 0. The fourth-order valence-corrected chi connectivity index (χ4v) is 3.76. The maximum Gasteiger partial charge on any atom is 0.235 e. The summed E-state index contributed by atoms with van der Waals surface area (Å²) in [5, 5.41) is 0. The molecule has 0 aromatic heterocycles. The van der Waals surface area contributed by atoms with Gasteiger partial charge in [0.05, 0.1) is 12.6 Å². The molecule has 1 aliphatic carbocycles. The van der Waals surface area contributed by atoms with E-state index < -0.39 is 0 Å². The first-order chi connectivity index (χ1) is 11.9. The molecular weight excluding hydrogens is 300 g/mol. The highest BCUT2D eigenvalue weighted by Gasteiger charge is 2.12. The van der Waals surface area contributed by atoms with Crippen molar-refractivity contribution in [2.75, 3.05) is 6.54 Å². The summed E-state index contributed by atoms with van der Waals surface area (Å²) in [7, 11) is 0. The number of isocyanates is 2. The second-order valence-electron chi connectivity index (χ2n) is 7.22. The van der Waals surface area contributed by atoms with Crippen molar-refractivity contribution < 1.29 is 9.59 Å². The summed E-state index contributed by atoms with van der Waals surface area (Å²) >= 11 is 0. The van der Waals surface area contributed by atoms with Gasteiger partial charge in [-0.1, -0.05) is 89.9 Å². The number of aliphatic imine (C=N–C) groups is 2. The third kappa shape index (κ3) is 11.3. The van der Waals surface area contributed by atoms with Crippen molar-refractivity contribution in [3.05, 3.63) is 0 Å². The van der Waals surface area contributed by atoms with Crippen LogP contribution in [0.5, 0.6) is 0 Å². The standard InChI is InChI=1S/C20H34N2O2/c23-17-21-16-20(22-18-24)15-11-6-4-2-1-3-5-8-12-19-13-9-7-10-14-19/h19-20H,1-16H2. The zero-order valence-corrected chi connectivity index (χ0v) is 15.2. The van der Waals surface area contributed by atoms with E-state index in [1.165, 1.54) is 83.1 Å². The van der Waals surface area contributed by atoms with Gasteiger partial charge in [0.25, 0.3) is 0 Å². The van der Waals surface area contributed by atoms with Gasteiger partial charge in [-0.25, -0.2) is 19.6 Å². The van der Waals surface area contributed by atoms with Crippen LogP contribution in [-0.2, 0) is 9.59 Å². The van der Waals surface area contributed by atoms with E-state index in [2.05, 4.69) is 9.98 Å². The Kier molecular flexibility index (Phi) is 13.3. The minimum absolute atomic E-state index is 0.191. The molecule has 1 unspecified atom stereocenters. The Hall–Kier alpha value is -1.24. The molecule has 0 saturated heterocycles. The molecule has 1 saturated carbocycles. The van der Waals surface area contributed by atoms with Crippen LogP contribution in [0.25, 0.3) is 0 Å². The SMILES string of the molecule is O=C=NCC(CCCCCCCCCCC1CCCCC1)N=C=O. The van der Waals surface area contributed by atoms with E-state index in [1.807, 2.05) is 0 Å². The van der Waals surface area contributed by atoms with Crippen molar-refractivity contribution >= 4 is 12.2 Å². The topological polar surface area (TPSA) is 58.9 Å². The largest absolute Gasteiger partial charge is 0.235 e. The average Bonchev–Trinajstić information content (AvgIpc) is 2.62. The Balaban J connectivity index is 1.87. The van der Waals surface area contributed by atoms with Crippen LogP contribution in [0.15, 0.2) is 9.98 Å². The summed E-state index contributed by atoms with van der Waals surface area (Å²) in [5.74, 6) is 1.03. The Morgan fingerprint density at radius 1 is 0.792 bits per heavy atom. The molecular formula is C20H34N2O2. The maximum absolute atomic E-state index is 10.3. The van der Waals surface area contributed by atoms with Crippen LogP contribution in [0.2, 0.25) is 0 Å².